The molecule has 5 nitrogen and oxygen atoms in total. The molecule has 142 valence electrons. The maximum absolute atomic E-state index is 12.2. The van der Waals surface area contributed by atoms with Crippen LogP contribution in [0.15, 0.2) is 84.7 Å². The lowest BCUT2D eigenvalue weighted by atomic mass is 9.65. The summed E-state index contributed by atoms with van der Waals surface area (Å²) < 4.78 is 17.5. The second-order valence-corrected chi connectivity index (χ2v) is 8.48. The summed E-state index contributed by atoms with van der Waals surface area (Å²) in [5, 5.41) is 0. The molecule has 0 saturated heterocycles. The number of nitrogens with two attached hydrogens (primary N) is 1. The molecule has 27 heavy (non-hydrogen) atoms. The Bertz CT molecular complexity index is 836. The maximum Gasteiger partial charge on any atom is 0.343 e. The molecule has 0 spiro atoms. The highest BCUT2D eigenvalue weighted by molar-refractivity contribution is 7.52. The fourth-order valence-corrected chi connectivity index (χ4v) is 4.79. The van der Waals surface area contributed by atoms with Gasteiger partial charge in [-0.05, 0) is 29.7 Å². The van der Waals surface area contributed by atoms with E-state index >= 15 is 0 Å². The van der Waals surface area contributed by atoms with Gasteiger partial charge in [0.15, 0.2) is 0 Å². The van der Waals surface area contributed by atoms with Crippen molar-refractivity contribution < 1.29 is 19.1 Å². The Labute approximate surface area is 159 Å². The van der Waals surface area contributed by atoms with Crippen LogP contribution in [0.4, 0.5) is 0 Å². The first-order valence-corrected chi connectivity index (χ1v) is 10.4. The van der Waals surface area contributed by atoms with E-state index in [0.717, 1.165) is 11.1 Å². The van der Waals surface area contributed by atoms with Gasteiger partial charge in [-0.25, -0.2) is 0 Å². The molecule has 0 saturated carbocycles. The van der Waals surface area contributed by atoms with Crippen LogP contribution >= 0.6 is 7.60 Å². The molecule has 0 radical (unpaired) electrons. The zero-order valence-corrected chi connectivity index (χ0v) is 16.0. The second kappa shape index (κ2) is 7.83. The summed E-state index contributed by atoms with van der Waals surface area (Å²) in [4.78, 5) is 19.9. The van der Waals surface area contributed by atoms with Gasteiger partial charge in [0.05, 0.1) is 7.11 Å². The predicted octanol–water partition coefficient (Wildman–Crippen LogP) is 3.76. The molecule has 1 aliphatic rings. The minimum atomic E-state index is -4.56. The summed E-state index contributed by atoms with van der Waals surface area (Å²) in [6.45, 7) is 0. The second-order valence-electron chi connectivity index (χ2n) is 6.75. The molecule has 2 atom stereocenters. The largest absolute Gasteiger partial charge is 0.497 e. The molecule has 3 rings (SSSR count). The van der Waals surface area contributed by atoms with Crippen LogP contribution < -0.4 is 5.73 Å². The number of rotatable bonds is 6. The van der Waals surface area contributed by atoms with Crippen LogP contribution in [0.1, 0.15) is 23.5 Å². The Morgan fingerprint density at radius 1 is 1.04 bits per heavy atom. The van der Waals surface area contributed by atoms with Gasteiger partial charge in [0.25, 0.3) is 0 Å². The lowest BCUT2D eigenvalue weighted by Crippen LogP contribution is -2.45. The fraction of sp³-hybridized carbons (Fsp3) is 0.238. The molecule has 0 aliphatic heterocycles. The van der Waals surface area contributed by atoms with Gasteiger partial charge in [-0.3, -0.25) is 4.57 Å². The van der Waals surface area contributed by atoms with Crippen molar-refractivity contribution in [2.75, 3.05) is 7.11 Å². The average Bonchev–Trinajstić information content (AvgIpc) is 2.69. The van der Waals surface area contributed by atoms with E-state index in [-0.39, 0.29) is 5.92 Å². The molecule has 2 aromatic carbocycles. The zero-order chi connectivity index (χ0) is 19.5. The molecule has 2 aromatic rings. The van der Waals surface area contributed by atoms with Gasteiger partial charge >= 0.3 is 7.60 Å². The van der Waals surface area contributed by atoms with E-state index in [1.54, 1.807) is 19.3 Å². The Balaban J connectivity index is 2.22. The summed E-state index contributed by atoms with van der Waals surface area (Å²) in [6.07, 6.45) is 5.75. The Kier molecular flexibility index (Phi) is 5.68. The molecule has 0 amide bonds. The molecule has 0 aromatic heterocycles. The van der Waals surface area contributed by atoms with Gasteiger partial charge < -0.3 is 20.3 Å². The van der Waals surface area contributed by atoms with Gasteiger partial charge in [-0.15, -0.1) is 0 Å². The molecule has 1 aliphatic carbocycles. The first kappa shape index (κ1) is 19.6. The van der Waals surface area contributed by atoms with Crippen LogP contribution in [0.5, 0.6) is 0 Å². The van der Waals surface area contributed by atoms with Crippen molar-refractivity contribution in [3.05, 3.63) is 95.8 Å². The third kappa shape index (κ3) is 3.92. The minimum absolute atomic E-state index is 0.326. The normalized spacial score (nSPS) is 21.0. The Hall–Kier alpha value is -2.17. The van der Waals surface area contributed by atoms with E-state index < -0.39 is 18.8 Å². The smallest absolute Gasteiger partial charge is 0.343 e. The lowest BCUT2D eigenvalue weighted by molar-refractivity contribution is 0.249. The average molecular weight is 385 g/mol. The highest BCUT2D eigenvalue weighted by Gasteiger charge is 2.50. The van der Waals surface area contributed by atoms with Crippen LogP contribution in [0.3, 0.4) is 0 Å². The third-order valence-corrected chi connectivity index (χ3v) is 6.37. The number of ether oxygens (including phenoxy) is 1. The van der Waals surface area contributed by atoms with Gasteiger partial charge in [-0.2, -0.15) is 0 Å². The summed E-state index contributed by atoms with van der Waals surface area (Å²) in [6, 6.07) is 19.4. The Morgan fingerprint density at radius 3 is 1.93 bits per heavy atom. The monoisotopic (exact) mass is 385 g/mol. The Morgan fingerprint density at radius 2 is 1.56 bits per heavy atom. The highest BCUT2D eigenvalue weighted by Crippen LogP contribution is 2.58. The van der Waals surface area contributed by atoms with Crippen LogP contribution in [-0.2, 0) is 9.30 Å². The quantitative estimate of drug-likeness (QED) is 0.659. The van der Waals surface area contributed by atoms with Crippen LogP contribution in [0.2, 0.25) is 0 Å². The zero-order valence-electron chi connectivity index (χ0n) is 15.1. The summed E-state index contributed by atoms with van der Waals surface area (Å²) in [7, 11) is -2.99. The van der Waals surface area contributed by atoms with Gasteiger partial charge in [0, 0.05) is 11.3 Å². The molecular formula is C21H24NO4P. The first-order valence-electron chi connectivity index (χ1n) is 8.72. The van der Waals surface area contributed by atoms with Gasteiger partial charge in [0.1, 0.15) is 11.5 Å². The van der Waals surface area contributed by atoms with E-state index in [2.05, 4.69) is 0 Å². The number of hydrogen-bond donors (Lipinski definition) is 3. The van der Waals surface area contributed by atoms with Crippen LogP contribution in [-0.4, -0.2) is 22.7 Å². The minimum Gasteiger partial charge on any atom is -0.497 e. The maximum atomic E-state index is 12.2. The molecule has 1 unspecified atom stereocenters. The van der Waals surface area contributed by atoms with Gasteiger partial charge in [-0.1, -0.05) is 66.7 Å². The summed E-state index contributed by atoms with van der Waals surface area (Å²) in [5.41, 5.74) is 7.14. The standard InChI is InChI=1S/C21H24NO4P/c1-26-18-12-14-21(15-13-18,20(22)27(23,24)25)19(16-8-4-2-5-9-16)17-10-6-3-7-11-17/h2-14,19-20H,15,22H2,1H3,(H2,23,24,25)/t20-,21?/m1/s1. The van der Waals surface area contributed by atoms with Crippen molar-refractivity contribution in [1.82, 2.24) is 0 Å². The van der Waals surface area contributed by atoms with Crippen LogP contribution in [0, 0.1) is 5.41 Å². The third-order valence-electron chi connectivity index (χ3n) is 5.17. The van der Waals surface area contributed by atoms with E-state index in [1.165, 1.54) is 0 Å². The molecule has 6 heteroatoms. The van der Waals surface area contributed by atoms with E-state index in [0.29, 0.717) is 12.2 Å². The number of methoxy groups -OCH3 is 1. The molecule has 0 bridgehead atoms. The van der Waals surface area contributed by atoms with Crippen molar-refractivity contribution in [1.29, 1.82) is 0 Å². The number of benzene rings is 2. The van der Waals surface area contributed by atoms with E-state index in [9.17, 15) is 14.4 Å². The molecule has 0 fully saturated rings. The predicted molar refractivity (Wildman–Crippen MR) is 106 cm³/mol. The topological polar surface area (TPSA) is 92.8 Å². The van der Waals surface area contributed by atoms with E-state index in [1.807, 2.05) is 66.7 Å². The summed E-state index contributed by atoms with van der Waals surface area (Å²) in [5.74, 6) is -1.03. The fourth-order valence-electron chi connectivity index (χ4n) is 3.82. The van der Waals surface area contributed by atoms with Crippen molar-refractivity contribution >= 4 is 7.60 Å². The van der Waals surface area contributed by atoms with Crippen molar-refractivity contribution in [3.63, 3.8) is 0 Å². The van der Waals surface area contributed by atoms with Crippen LogP contribution in [0.25, 0.3) is 0 Å². The van der Waals surface area contributed by atoms with Crippen molar-refractivity contribution in [2.45, 2.75) is 18.1 Å². The van der Waals surface area contributed by atoms with Crippen molar-refractivity contribution in [2.24, 2.45) is 11.1 Å². The number of hydrogen-bond acceptors (Lipinski definition) is 3. The summed E-state index contributed by atoms with van der Waals surface area (Å²) >= 11 is 0. The molecule has 4 N–H and O–H groups in total. The first-order chi connectivity index (χ1) is 12.9. The van der Waals surface area contributed by atoms with Gasteiger partial charge in [0.2, 0.25) is 0 Å². The molecular weight excluding hydrogens is 361 g/mol. The highest BCUT2D eigenvalue weighted by atomic mass is 31.2. The van der Waals surface area contributed by atoms with Crippen molar-refractivity contribution in [3.8, 4) is 0 Å². The SMILES string of the molecule is COC1=CCC(C(c2ccccc2)c2ccccc2)([C@H](N)P(=O)(O)O)C=C1. The molecule has 0 heterocycles. The lowest BCUT2D eigenvalue weighted by Gasteiger charge is -2.44. The number of allylic oxidation sites excluding steroid dienone is 2. The van der Waals surface area contributed by atoms with E-state index in [4.69, 9.17) is 10.5 Å².